The predicted molar refractivity (Wildman–Crippen MR) is 146 cm³/mol. The van der Waals surface area contributed by atoms with E-state index >= 15 is 0 Å². The Balaban J connectivity index is 0.000000372. The summed E-state index contributed by atoms with van der Waals surface area (Å²) in [5.41, 5.74) is 3.10. The Morgan fingerprint density at radius 1 is 0.946 bits per heavy atom. The maximum atomic E-state index is 14.7. The fourth-order valence-corrected chi connectivity index (χ4v) is 6.33. The van der Waals surface area contributed by atoms with Crippen molar-refractivity contribution in [1.82, 2.24) is 20.2 Å². The first-order valence-corrected chi connectivity index (χ1v) is 13.6. The molecular weight excluding hydrogens is 467 g/mol. The molecule has 1 aromatic heterocycles. The molecule has 2 unspecified atom stereocenters. The van der Waals surface area contributed by atoms with Gasteiger partial charge in [-0.15, -0.1) is 0 Å². The molecule has 3 aromatic rings. The second-order valence-corrected chi connectivity index (χ2v) is 10.8. The first-order chi connectivity index (χ1) is 18.1. The van der Waals surface area contributed by atoms with Gasteiger partial charge in [-0.05, 0) is 69.8 Å². The molecule has 0 amide bonds. The molecule has 4 aliphatic rings. The number of nitrogens with one attached hydrogen (secondary N) is 1. The molecular formula is C29H37FN6O. The number of hydrogen-bond acceptors (Lipinski definition) is 7. The fourth-order valence-electron chi connectivity index (χ4n) is 6.33. The van der Waals surface area contributed by atoms with Crippen LogP contribution in [0, 0.1) is 5.82 Å². The van der Waals surface area contributed by atoms with E-state index in [0.29, 0.717) is 30.0 Å². The summed E-state index contributed by atoms with van der Waals surface area (Å²) in [5, 5.41) is 5.28. The summed E-state index contributed by atoms with van der Waals surface area (Å²) in [4.78, 5) is 16.5. The van der Waals surface area contributed by atoms with Crippen LogP contribution >= 0.6 is 0 Å². The van der Waals surface area contributed by atoms with Gasteiger partial charge in [-0.1, -0.05) is 24.3 Å². The van der Waals surface area contributed by atoms with Gasteiger partial charge in [-0.3, -0.25) is 0 Å². The van der Waals surface area contributed by atoms with Crippen LogP contribution < -0.4 is 19.9 Å². The molecule has 7 nitrogen and oxygen atoms in total. The number of methoxy groups -OCH3 is 1. The molecule has 2 atom stereocenters. The van der Waals surface area contributed by atoms with E-state index in [1.807, 2.05) is 24.3 Å². The standard InChI is InChI=1S/C24H26FN5O.C5H11N/c1-31-24-27-20-14-29(21-7-3-5-15-4-2-6-19(25)22(15)21)11-10-18(20)23(28-24)30-12-16-8-9-17(13-30)26-16;1-6-4-2-3-5-6/h2-7,16-17,26H,8-14H2,1H3;2-5H2,1H3. The molecule has 7 rings (SSSR count). The molecule has 0 aliphatic carbocycles. The lowest BCUT2D eigenvalue weighted by Crippen LogP contribution is -2.52. The van der Waals surface area contributed by atoms with Crippen LogP contribution in [-0.4, -0.2) is 73.8 Å². The zero-order valence-electron chi connectivity index (χ0n) is 21.9. The Morgan fingerprint density at radius 3 is 2.35 bits per heavy atom. The Labute approximate surface area is 218 Å². The highest BCUT2D eigenvalue weighted by atomic mass is 19.1. The van der Waals surface area contributed by atoms with Crippen LogP contribution in [0.4, 0.5) is 15.9 Å². The van der Waals surface area contributed by atoms with E-state index < -0.39 is 0 Å². The normalized spacial score (nSPS) is 23.1. The number of aromatic nitrogens is 2. The lowest BCUT2D eigenvalue weighted by molar-refractivity contribution is 0.374. The van der Waals surface area contributed by atoms with Crippen molar-refractivity contribution in [3.8, 4) is 6.01 Å². The molecule has 5 heterocycles. The number of nitrogens with zero attached hydrogens (tertiary/aromatic N) is 5. The number of hydrogen-bond donors (Lipinski definition) is 1. The minimum atomic E-state index is -0.184. The first-order valence-electron chi connectivity index (χ1n) is 13.6. The van der Waals surface area contributed by atoms with E-state index in [1.54, 1.807) is 13.2 Å². The number of anilines is 2. The second-order valence-electron chi connectivity index (χ2n) is 10.8. The maximum absolute atomic E-state index is 14.7. The third kappa shape index (κ3) is 4.97. The van der Waals surface area contributed by atoms with Crippen LogP contribution in [0.3, 0.4) is 0 Å². The van der Waals surface area contributed by atoms with E-state index in [9.17, 15) is 4.39 Å². The van der Waals surface area contributed by atoms with Gasteiger partial charge in [0.05, 0.1) is 19.3 Å². The zero-order chi connectivity index (χ0) is 25.4. The highest BCUT2D eigenvalue weighted by Gasteiger charge is 2.35. The van der Waals surface area contributed by atoms with Gasteiger partial charge < -0.3 is 24.8 Å². The summed E-state index contributed by atoms with van der Waals surface area (Å²) >= 11 is 0. The summed E-state index contributed by atoms with van der Waals surface area (Å²) in [6, 6.07) is 12.7. The summed E-state index contributed by atoms with van der Waals surface area (Å²) in [6.45, 7) is 6.01. The van der Waals surface area contributed by atoms with Gasteiger partial charge in [-0.2, -0.15) is 9.97 Å². The van der Waals surface area contributed by atoms with Gasteiger partial charge in [0.2, 0.25) is 0 Å². The largest absolute Gasteiger partial charge is 0.467 e. The topological polar surface area (TPSA) is 56.8 Å². The quantitative estimate of drug-likeness (QED) is 0.579. The lowest BCUT2D eigenvalue weighted by Gasteiger charge is -2.37. The van der Waals surface area contributed by atoms with Crippen molar-refractivity contribution in [3.63, 3.8) is 0 Å². The van der Waals surface area contributed by atoms with E-state index in [-0.39, 0.29) is 5.82 Å². The molecule has 196 valence electrons. The number of fused-ring (bicyclic) bond motifs is 4. The third-order valence-electron chi connectivity index (χ3n) is 8.22. The smallest absolute Gasteiger partial charge is 0.318 e. The van der Waals surface area contributed by atoms with Crippen molar-refractivity contribution >= 4 is 22.3 Å². The minimum Gasteiger partial charge on any atom is -0.467 e. The van der Waals surface area contributed by atoms with Gasteiger partial charge in [0, 0.05) is 48.4 Å². The molecule has 0 radical (unpaired) electrons. The summed E-state index contributed by atoms with van der Waals surface area (Å²) in [5.74, 6) is 0.833. The van der Waals surface area contributed by atoms with Crippen LogP contribution in [0.1, 0.15) is 36.9 Å². The molecule has 2 bridgehead atoms. The fraction of sp³-hybridized carbons (Fsp3) is 0.517. The molecule has 3 fully saturated rings. The van der Waals surface area contributed by atoms with Crippen LogP contribution in [0.5, 0.6) is 6.01 Å². The average molecular weight is 505 g/mol. The van der Waals surface area contributed by atoms with Gasteiger partial charge in [0.1, 0.15) is 11.6 Å². The highest BCUT2D eigenvalue weighted by molar-refractivity contribution is 5.95. The number of benzene rings is 2. The van der Waals surface area contributed by atoms with Crippen LogP contribution in [0.2, 0.25) is 0 Å². The van der Waals surface area contributed by atoms with Crippen molar-refractivity contribution in [1.29, 1.82) is 0 Å². The van der Waals surface area contributed by atoms with Crippen LogP contribution in [0.25, 0.3) is 10.8 Å². The van der Waals surface area contributed by atoms with E-state index in [1.165, 1.54) is 50.4 Å². The monoisotopic (exact) mass is 504 g/mol. The lowest BCUT2D eigenvalue weighted by atomic mass is 10.0. The first kappa shape index (κ1) is 24.4. The SMILES string of the molecule is CN1CCCC1.COc1nc2c(c(N3CC4CCC(C3)N4)n1)CCN(c1cccc3cccc(F)c13)C2. The molecule has 37 heavy (non-hydrogen) atoms. The van der Waals surface area contributed by atoms with Gasteiger partial charge in [0.25, 0.3) is 0 Å². The van der Waals surface area contributed by atoms with Crippen molar-refractivity contribution in [2.75, 3.05) is 56.7 Å². The number of ether oxygens (including phenoxy) is 1. The Hall–Kier alpha value is -2.97. The number of halogens is 1. The second kappa shape index (κ2) is 10.4. The highest BCUT2D eigenvalue weighted by Crippen LogP contribution is 2.36. The summed E-state index contributed by atoms with van der Waals surface area (Å²) in [7, 11) is 3.79. The maximum Gasteiger partial charge on any atom is 0.318 e. The van der Waals surface area contributed by atoms with Gasteiger partial charge in [0.15, 0.2) is 0 Å². The van der Waals surface area contributed by atoms with Crippen LogP contribution in [0.15, 0.2) is 36.4 Å². The predicted octanol–water partition coefficient (Wildman–Crippen LogP) is 3.99. The number of rotatable bonds is 3. The molecule has 3 saturated heterocycles. The van der Waals surface area contributed by atoms with E-state index in [0.717, 1.165) is 48.6 Å². The summed E-state index contributed by atoms with van der Waals surface area (Å²) < 4.78 is 20.2. The Morgan fingerprint density at radius 2 is 1.68 bits per heavy atom. The van der Waals surface area contributed by atoms with Gasteiger partial charge >= 0.3 is 6.01 Å². The molecule has 4 aliphatic heterocycles. The number of piperazine rings is 1. The van der Waals surface area contributed by atoms with E-state index in [2.05, 4.69) is 27.1 Å². The van der Waals surface area contributed by atoms with E-state index in [4.69, 9.17) is 14.7 Å². The molecule has 1 N–H and O–H groups in total. The molecule has 2 aromatic carbocycles. The minimum absolute atomic E-state index is 0.184. The average Bonchev–Trinajstić information content (AvgIpc) is 3.54. The molecule has 0 saturated carbocycles. The molecule has 8 heteroatoms. The Kier molecular flexibility index (Phi) is 6.86. The Bertz CT molecular complexity index is 1250. The van der Waals surface area contributed by atoms with Crippen molar-refractivity contribution < 1.29 is 9.13 Å². The molecule has 0 spiro atoms. The van der Waals surface area contributed by atoms with Gasteiger partial charge in [-0.25, -0.2) is 4.39 Å². The van der Waals surface area contributed by atoms with Crippen molar-refractivity contribution in [3.05, 3.63) is 53.5 Å². The zero-order valence-corrected chi connectivity index (χ0v) is 21.9. The van der Waals surface area contributed by atoms with Crippen molar-refractivity contribution in [2.24, 2.45) is 0 Å². The van der Waals surface area contributed by atoms with Crippen molar-refractivity contribution in [2.45, 2.75) is 50.7 Å². The van der Waals surface area contributed by atoms with Crippen LogP contribution in [-0.2, 0) is 13.0 Å². The third-order valence-corrected chi connectivity index (χ3v) is 8.22. The summed E-state index contributed by atoms with van der Waals surface area (Å²) in [6.07, 6.45) is 6.11. The number of likely N-dealkylation sites (tertiary alicyclic amines) is 1.